The van der Waals surface area contributed by atoms with Crippen molar-refractivity contribution in [1.82, 2.24) is 0 Å². The van der Waals surface area contributed by atoms with Crippen LogP contribution in [0.2, 0.25) is 5.02 Å². The van der Waals surface area contributed by atoms with Crippen molar-refractivity contribution in [3.8, 4) is 11.5 Å². The van der Waals surface area contributed by atoms with Gasteiger partial charge in [0.05, 0.1) is 0 Å². The first-order chi connectivity index (χ1) is 5.88. The number of hydrogen-bond donors (Lipinski definition) is 1. The highest BCUT2D eigenvalue weighted by molar-refractivity contribution is 6.30. The van der Waals surface area contributed by atoms with Crippen molar-refractivity contribution < 1.29 is 9.84 Å². The van der Waals surface area contributed by atoms with Crippen molar-refractivity contribution in [2.75, 3.05) is 0 Å². The zero-order valence-corrected chi connectivity index (χ0v) is 8.72. The van der Waals surface area contributed by atoms with Crippen LogP contribution in [-0.4, -0.2) is 10.7 Å². The van der Waals surface area contributed by atoms with Gasteiger partial charge in [0.1, 0.15) is 5.60 Å². The van der Waals surface area contributed by atoms with E-state index in [9.17, 15) is 5.11 Å². The molecule has 0 atom stereocenters. The molecule has 72 valence electrons. The Kier molecular flexibility index (Phi) is 2.71. The standard InChI is InChI=1S/C10H13ClO2/c1-10(2,3)13-9-5-4-7(11)6-8(9)12/h4-6,12H,1-3H3. The average Bonchev–Trinajstić information content (AvgIpc) is 1.93. The average molecular weight is 201 g/mol. The minimum atomic E-state index is -0.314. The molecule has 1 aromatic carbocycles. The van der Waals surface area contributed by atoms with E-state index in [0.29, 0.717) is 10.8 Å². The van der Waals surface area contributed by atoms with Gasteiger partial charge in [-0.15, -0.1) is 0 Å². The molecule has 0 amide bonds. The maximum atomic E-state index is 9.45. The molecule has 0 bridgehead atoms. The molecule has 3 heteroatoms. The van der Waals surface area contributed by atoms with Crippen molar-refractivity contribution in [2.24, 2.45) is 0 Å². The first-order valence-corrected chi connectivity index (χ1v) is 4.44. The highest BCUT2D eigenvalue weighted by Crippen LogP contribution is 2.31. The fraction of sp³-hybridized carbons (Fsp3) is 0.400. The SMILES string of the molecule is CC(C)(C)Oc1ccc(Cl)cc1O. The lowest BCUT2D eigenvalue weighted by molar-refractivity contribution is 0.126. The van der Waals surface area contributed by atoms with Crippen molar-refractivity contribution in [2.45, 2.75) is 26.4 Å². The molecule has 0 aliphatic heterocycles. The predicted molar refractivity (Wildman–Crippen MR) is 53.5 cm³/mol. The van der Waals surface area contributed by atoms with E-state index in [1.165, 1.54) is 6.07 Å². The Labute approximate surface area is 83.1 Å². The van der Waals surface area contributed by atoms with Crippen LogP contribution < -0.4 is 4.74 Å². The second kappa shape index (κ2) is 3.46. The third-order valence-electron chi connectivity index (χ3n) is 1.34. The van der Waals surface area contributed by atoms with E-state index >= 15 is 0 Å². The Bertz CT molecular complexity index is 302. The summed E-state index contributed by atoms with van der Waals surface area (Å²) in [4.78, 5) is 0. The number of benzene rings is 1. The first kappa shape index (κ1) is 10.2. The lowest BCUT2D eigenvalue weighted by atomic mass is 10.2. The van der Waals surface area contributed by atoms with Gasteiger partial charge in [-0.3, -0.25) is 0 Å². The minimum absolute atomic E-state index is 0.0717. The summed E-state index contributed by atoms with van der Waals surface area (Å²) in [6.45, 7) is 5.75. The van der Waals surface area contributed by atoms with Crippen LogP contribution in [0.25, 0.3) is 0 Å². The van der Waals surface area contributed by atoms with Crippen molar-refractivity contribution in [3.63, 3.8) is 0 Å². The van der Waals surface area contributed by atoms with Crippen molar-refractivity contribution in [3.05, 3.63) is 23.2 Å². The summed E-state index contributed by atoms with van der Waals surface area (Å²) < 4.78 is 5.48. The van der Waals surface area contributed by atoms with E-state index in [1.54, 1.807) is 12.1 Å². The minimum Gasteiger partial charge on any atom is -0.504 e. The summed E-state index contributed by atoms with van der Waals surface area (Å²) in [5.41, 5.74) is -0.314. The van der Waals surface area contributed by atoms with Gasteiger partial charge in [-0.25, -0.2) is 0 Å². The predicted octanol–water partition coefficient (Wildman–Crippen LogP) is 3.22. The Balaban J connectivity index is 2.90. The van der Waals surface area contributed by atoms with Crippen LogP contribution in [0.4, 0.5) is 0 Å². The number of hydrogen-bond acceptors (Lipinski definition) is 2. The van der Waals surface area contributed by atoms with E-state index in [-0.39, 0.29) is 11.4 Å². The van der Waals surface area contributed by atoms with E-state index in [1.807, 2.05) is 20.8 Å². The molecule has 0 radical (unpaired) electrons. The zero-order valence-electron chi connectivity index (χ0n) is 7.97. The molecule has 0 unspecified atom stereocenters. The van der Waals surface area contributed by atoms with Gasteiger partial charge in [-0.2, -0.15) is 0 Å². The lowest BCUT2D eigenvalue weighted by Crippen LogP contribution is -2.22. The molecule has 1 N–H and O–H groups in total. The maximum Gasteiger partial charge on any atom is 0.161 e. The molecule has 1 aromatic rings. The van der Waals surface area contributed by atoms with Gasteiger partial charge in [0.25, 0.3) is 0 Å². The summed E-state index contributed by atoms with van der Waals surface area (Å²) in [6, 6.07) is 4.80. The molecule has 0 aliphatic carbocycles. The Morgan fingerprint density at radius 2 is 1.92 bits per heavy atom. The van der Waals surface area contributed by atoms with Crippen molar-refractivity contribution >= 4 is 11.6 Å². The summed E-state index contributed by atoms with van der Waals surface area (Å²) in [5, 5.41) is 9.94. The molecule has 0 aromatic heterocycles. The Morgan fingerprint density at radius 3 is 2.38 bits per heavy atom. The third-order valence-corrected chi connectivity index (χ3v) is 1.57. The fourth-order valence-electron chi connectivity index (χ4n) is 0.907. The van der Waals surface area contributed by atoms with Crippen molar-refractivity contribution in [1.29, 1.82) is 0 Å². The van der Waals surface area contributed by atoms with Crippen LogP contribution >= 0.6 is 11.6 Å². The summed E-state index contributed by atoms with van der Waals surface area (Å²) in [6.07, 6.45) is 0. The normalized spacial score (nSPS) is 11.4. The van der Waals surface area contributed by atoms with Crippen LogP contribution in [0.5, 0.6) is 11.5 Å². The third kappa shape index (κ3) is 3.15. The van der Waals surface area contributed by atoms with E-state index in [4.69, 9.17) is 16.3 Å². The number of halogens is 1. The molecule has 13 heavy (non-hydrogen) atoms. The number of phenols is 1. The molecule has 0 heterocycles. The molecule has 0 fully saturated rings. The monoisotopic (exact) mass is 200 g/mol. The summed E-state index contributed by atoms with van der Waals surface area (Å²) in [7, 11) is 0. The Hall–Kier alpha value is -0.890. The molecular formula is C10H13ClO2. The molecular weight excluding hydrogens is 188 g/mol. The number of rotatable bonds is 1. The molecule has 0 spiro atoms. The largest absolute Gasteiger partial charge is 0.504 e. The van der Waals surface area contributed by atoms with E-state index in [2.05, 4.69) is 0 Å². The van der Waals surface area contributed by atoms with Gasteiger partial charge in [0.15, 0.2) is 11.5 Å². The first-order valence-electron chi connectivity index (χ1n) is 4.06. The molecule has 0 aliphatic rings. The quantitative estimate of drug-likeness (QED) is 0.754. The topological polar surface area (TPSA) is 29.5 Å². The smallest absolute Gasteiger partial charge is 0.161 e. The molecule has 0 saturated heterocycles. The number of ether oxygens (including phenoxy) is 1. The number of aromatic hydroxyl groups is 1. The number of phenolic OH excluding ortho intramolecular Hbond substituents is 1. The summed E-state index contributed by atoms with van der Waals surface area (Å²) >= 11 is 5.67. The highest BCUT2D eigenvalue weighted by atomic mass is 35.5. The lowest BCUT2D eigenvalue weighted by Gasteiger charge is -2.21. The van der Waals surface area contributed by atoms with Crippen LogP contribution in [0.3, 0.4) is 0 Å². The summed E-state index contributed by atoms with van der Waals surface area (Å²) in [5.74, 6) is 0.527. The second-order valence-electron chi connectivity index (χ2n) is 3.83. The second-order valence-corrected chi connectivity index (χ2v) is 4.26. The Morgan fingerprint density at radius 1 is 1.31 bits per heavy atom. The molecule has 2 nitrogen and oxygen atoms in total. The van der Waals surface area contributed by atoms with Gasteiger partial charge in [-0.05, 0) is 32.9 Å². The van der Waals surface area contributed by atoms with Gasteiger partial charge in [0.2, 0.25) is 0 Å². The molecule has 0 saturated carbocycles. The van der Waals surface area contributed by atoms with Crippen LogP contribution in [0.1, 0.15) is 20.8 Å². The van der Waals surface area contributed by atoms with Gasteiger partial charge in [-0.1, -0.05) is 11.6 Å². The highest BCUT2D eigenvalue weighted by Gasteiger charge is 2.14. The van der Waals surface area contributed by atoms with Gasteiger partial charge in [0, 0.05) is 11.1 Å². The van der Waals surface area contributed by atoms with E-state index < -0.39 is 0 Å². The van der Waals surface area contributed by atoms with Crippen LogP contribution in [-0.2, 0) is 0 Å². The zero-order chi connectivity index (χ0) is 10.1. The van der Waals surface area contributed by atoms with Crippen LogP contribution in [0, 0.1) is 0 Å². The van der Waals surface area contributed by atoms with Gasteiger partial charge < -0.3 is 9.84 Å². The maximum absolute atomic E-state index is 9.45. The van der Waals surface area contributed by atoms with E-state index in [0.717, 1.165) is 0 Å². The fourth-order valence-corrected chi connectivity index (χ4v) is 1.07. The van der Waals surface area contributed by atoms with Crippen LogP contribution in [0.15, 0.2) is 18.2 Å². The van der Waals surface area contributed by atoms with Gasteiger partial charge >= 0.3 is 0 Å². The molecule has 1 rings (SSSR count).